The minimum absolute atomic E-state index is 0. The van der Waals surface area contributed by atoms with Gasteiger partial charge in [-0.25, -0.2) is 0 Å². The first-order chi connectivity index (χ1) is 9.38. The molecule has 0 rings (SSSR count). The largest absolute Gasteiger partial charge is 3.00 e. The first kappa shape index (κ1) is 28.3. The van der Waals surface area contributed by atoms with Crippen molar-refractivity contribution in [1.82, 2.24) is 0 Å². The molecule has 0 heterocycles. The molecule has 0 N–H and O–H groups in total. The SMILES string of the molecule is C=C([O-])CC(C)=O.C=C([O-])CC(C)=O.C=C([O-])CC(C)=O.[Fe+3]. The normalized spacial score (nSPS) is 7.77. The van der Waals surface area contributed by atoms with E-state index in [-0.39, 0.29) is 71.0 Å². The number of rotatable bonds is 6. The molecular weight excluding hydrogens is 332 g/mol. The predicted octanol–water partition coefficient (Wildman–Crippen LogP) is -0.484. The van der Waals surface area contributed by atoms with Crippen LogP contribution in [-0.4, -0.2) is 17.3 Å². The number of carbonyl (C=O) groups is 3. The van der Waals surface area contributed by atoms with Gasteiger partial charge in [0.05, 0.1) is 0 Å². The number of ketones is 3. The second-order valence-corrected chi connectivity index (χ2v) is 4.25. The Morgan fingerprint density at radius 2 is 0.773 bits per heavy atom. The summed E-state index contributed by atoms with van der Waals surface area (Å²) in [5, 5.41) is 29.8. The van der Waals surface area contributed by atoms with Crippen LogP contribution in [0.5, 0.6) is 0 Å². The summed E-state index contributed by atoms with van der Waals surface area (Å²) in [6.07, 6.45) is -0.0833. The van der Waals surface area contributed by atoms with Gasteiger partial charge < -0.3 is 15.3 Å². The molecule has 0 saturated carbocycles. The molecule has 0 aliphatic carbocycles. The third-order valence-corrected chi connectivity index (χ3v) is 1.34. The standard InChI is InChI=1S/3C5H8O2.Fe/c3*1-4(6)3-5(2)7;/h3*6H,1,3H2,2H3;/q;;;+3/p-3. The molecule has 0 atom stereocenters. The monoisotopic (exact) mass is 353 g/mol. The van der Waals surface area contributed by atoms with Crippen LogP contribution in [-0.2, 0) is 31.5 Å². The summed E-state index contributed by atoms with van der Waals surface area (Å²) < 4.78 is 0. The summed E-state index contributed by atoms with van der Waals surface area (Å²) in [5.41, 5.74) is 0. The fourth-order valence-electron chi connectivity index (χ4n) is 0.833. The molecule has 0 saturated heterocycles. The van der Waals surface area contributed by atoms with Crippen LogP contribution in [0.25, 0.3) is 0 Å². The van der Waals surface area contributed by atoms with Crippen LogP contribution in [0.1, 0.15) is 40.0 Å². The van der Waals surface area contributed by atoms with Crippen molar-refractivity contribution in [3.8, 4) is 0 Å². The van der Waals surface area contributed by atoms with Crippen LogP contribution >= 0.6 is 0 Å². The molecule has 0 aromatic heterocycles. The smallest absolute Gasteiger partial charge is 0.876 e. The van der Waals surface area contributed by atoms with E-state index in [9.17, 15) is 29.7 Å². The van der Waals surface area contributed by atoms with Gasteiger partial charge in [0.15, 0.2) is 0 Å². The fraction of sp³-hybridized carbons (Fsp3) is 0.400. The van der Waals surface area contributed by atoms with E-state index in [1.54, 1.807) is 0 Å². The molecule has 0 fully saturated rings. The number of hydrogen-bond donors (Lipinski definition) is 0. The zero-order chi connectivity index (χ0) is 17.6. The first-order valence-corrected chi connectivity index (χ1v) is 5.91. The van der Waals surface area contributed by atoms with Crippen LogP contribution in [0.4, 0.5) is 0 Å². The molecule has 0 aliphatic rings. The molecule has 0 aromatic rings. The maximum atomic E-state index is 9.99. The first-order valence-electron chi connectivity index (χ1n) is 5.91. The summed E-state index contributed by atoms with van der Waals surface area (Å²) in [6, 6.07) is 0. The maximum Gasteiger partial charge on any atom is 3.00 e. The van der Waals surface area contributed by atoms with Crippen molar-refractivity contribution in [3.05, 3.63) is 37.0 Å². The molecule has 0 aromatic carbocycles. The zero-order valence-electron chi connectivity index (χ0n) is 13.0. The van der Waals surface area contributed by atoms with Gasteiger partial charge in [-0.05, 0) is 20.8 Å². The molecule has 6 nitrogen and oxygen atoms in total. The van der Waals surface area contributed by atoms with Gasteiger partial charge in [-0.1, -0.05) is 0 Å². The van der Waals surface area contributed by atoms with Crippen LogP contribution < -0.4 is 15.3 Å². The van der Waals surface area contributed by atoms with E-state index < -0.39 is 0 Å². The van der Waals surface area contributed by atoms with Crippen molar-refractivity contribution in [2.24, 2.45) is 0 Å². The Morgan fingerprint density at radius 3 is 0.773 bits per heavy atom. The Balaban J connectivity index is -0.000000108. The van der Waals surface area contributed by atoms with Gasteiger partial charge in [-0.2, -0.15) is 0 Å². The zero-order valence-corrected chi connectivity index (χ0v) is 14.1. The second kappa shape index (κ2) is 17.2. The second-order valence-electron chi connectivity index (χ2n) is 4.25. The van der Waals surface area contributed by atoms with Gasteiger partial charge in [0, 0.05) is 19.3 Å². The Hall–Kier alpha value is -1.85. The van der Waals surface area contributed by atoms with Gasteiger partial charge in [-0.15, -0.1) is 37.0 Å². The van der Waals surface area contributed by atoms with E-state index >= 15 is 0 Å². The van der Waals surface area contributed by atoms with E-state index in [0.717, 1.165) is 0 Å². The molecule has 0 aliphatic heterocycles. The van der Waals surface area contributed by atoms with Crippen LogP contribution in [0.15, 0.2) is 37.0 Å². The molecule has 0 amide bonds. The van der Waals surface area contributed by atoms with Crippen molar-refractivity contribution in [2.75, 3.05) is 0 Å². The molecule has 0 unspecified atom stereocenters. The van der Waals surface area contributed by atoms with Gasteiger partial charge in [0.25, 0.3) is 0 Å². The maximum absolute atomic E-state index is 9.99. The summed E-state index contributed by atoms with van der Waals surface area (Å²) in [5.74, 6) is -1.31. The Morgan fingerprint density at radius 1 is 0.636 bits per heavy atom. The number of carbonyl (C=O) groups excluding carboxylic acids is 3. The summed E-state index contributed by atoms with van der Waals surface area (Å²) in [6.45, 7) is 13.1. The van der Waals surface area contributed by atoms with Crippen molar-refractivity contribution >= 4 is 17.3 Å². The summed E-state index contributed by atoms with van der Waals surface area (Å²) in [4.78, 5) is 30.0. The Labute approximate surface area is 141 Å². The quantitative estimate of drug-likeness (QED) is 0.470. The van der Waals surface area contributed by atoms with Crippen molar-refractivity contribution in [1.29, 1.82) is 0 Å². The molecule has 125 valence electrons. The van der Waals surface area contributed by atoms with Crippen molar-refractivity contribution in [2.45, 2.75) is 40.0 Å². The fourth-order valence-corrected chi connectivity index (χ4v) is 0.833. The minimum atomic E-state index is -0.312. The van der Waals surface area contributed by atoms with Gasteiger partial charge in [0.2, 0.25) is 0 Å². The molecule has 0 spiro atoms. The average molecular weight is 353 g/mol. The van der Waals surface area contributed by atoms with E-state index in [0.29, 0.717) is 0 Å². The summed E-state index contributed by atoms with van der Waals surface area (Å²) in [7, 11) is 0. The molecular formula is C15H21FeO6. The van der Waals surface area contributed by atoms with Gasteiger partial charge in [-0.3, -0.25) is 14.4 Å². The van der Waals surface area contributed by atoms with Crippen LogP contribution in [0.2, 0.25) is 0 Å². The molecule has 0 bridgehead atoms. The minimum Gasteiger partial charge on any atom is -0.876 e. The van der Waals surface area contributed by atoms with Crippen LogP contribution in [0, 0.1) is 0 Å². The molecule has 1 radical (unpaired) electrons. The Bertz CT molecular complexity index is 314. The number of hydrogen-bond acceptors (Lipinski definition) is 6. The van der Waals surface area contributed by atoms with E-state index in [2.05, 4.69) is 19.7 Å². The number of Topliss-reactive ketones (excluding diaryl/α,β-unsaturated/α-hetero) is 3. The Kier molecular flexibility index (Phi) is 22.2. The molecule has 22 heavy (non-hydrogen) atoms. The summed E-state index contributed by atoms with van der Waals surface area (Å²) >= 11 is 0. The van der Waals surface area contributed by atoms with Gasteiger partial charge in [0.1, 0.15) is 17.3 Å². The molecule has 7 heteroatoms. The van der Waals surface area contributed by atoms with Crippen molar-refractivity contribution < 1.29 is 46.8 Å². The van der Waals surface area contributed by atoms with E-state index in [1.807, 2.05) is 0 Å². The topological polar surface area (TPSA) is 120 Å². The number of allylic oxidation sites excluding steroid dienone is 3. The van der Waals surface area contributed by atoms with E-state index in [4.69, 9.17) is 0 Å². The van der Waals surface area contributed by atoms with E-state index in [1.165, 1.54) is 20.8 Å². The third kappa shape index (κ3) is 51.8. The van der Waals surface area contributed by atoms with Crippen molar-refractivity contribution in [3.63, 3.8) is 0 Å². The van der Waals surface area contributed by atoms with Crippen LogP contribution in [0.3, 0.4) is 0 Å². The average Bonchev–Trinajstić information content (AvgIpc) is 2.10. The van der Waals surface area contributed by atoms with Gasteiger partial charge >= 0.3 is 17.1 Å². The predicted molar refractivity (Wildman–Crippen MR) is 73.3 cm³/mol. The third-order valence-electron chi connectivity index (χ3n) is 1.34.